The number of halogens is 2. The fourth-order valence-electron chi connectivity index (χ4n) is 2.19. The number of aromatic hydroxyl groups is 1. The predicted octanol–water partition coefficient (Wildman–Crippen LogP) is 4.39. The maximum atomic E-state index is 12.4. The Balaban J connectivity index is 2.28. The Labute approximate surface area is 146 Å². The van der Waals surface area contributed by atoms with E-state index in [1.54, 1.807) is 12.1 Å². The van der Waals surface area contributed by atoms with Crippen molar-refractivity contribution in [2.75, 3.05) is 0 Å². The number of carboxylic acid groups (broad SMARTS) is 1. The van der Waals surface area contributed by atoms with Crippen molar-refractivity contribution in [1.82, 2.24) is 0 Å². The smallest absolute Gasteiger partial charge is 0.335 e. The molecule has 0 saturated carbocycles. The Hall–Kier alpha value is -2.12. The van der Waals surface area contributed by atoms with E-state index < -0.39 is 17.1 Å². The fraction of sp³-hybridized carbons (Fsp3) is 0. The molecule has 0 radical (unpaired) electrons. The first-order valence-corrected chi connectivity index (χ1v) is 7.95. The highest BCUT2D eigenvalue weighted by Crippen LogP contribution is 2.34. The molecule has 0 aliphatic rings. The second-order valence-electron chi connectivity index (χ2n) is 4.75. The molecule has 0 aliphatic carbocycles. The first-order valence-electron chi connectivity index (χ1n) is 6.37. The summed E-state index contributed by atoms with van der Waals surface area (Å²) in [6.45, 7) is 0. The molecule has 0 fully saturated rings. The van der Waals surface area contributed by atoms with E-state index in [0.29, 0.717) is 20.1 Å². The molecular weight excluding hydrogens is 432 g/mol. The number of benzene rings is 2. The van der Waals surface area contributed by atoms with Crippen LogP contribution in [0.3, 0.4) is 0 Å². The lowest BCUT2D eigenvalue weighted by Crippen LogP contribution is -2.03. The molecule has 7 heteroatoms. The molecule has 3 aromatic rings. The summed E-state index contributed by atoms with van der Waals surface area (Å²) < 4.78 is 6.87. The molecule has 2 N–H and O–H groups in total. The number of aromatic carboxylic acids is 1. The largest absolute Gasteiger partial charge is 0.502 e. The summed E-state index contributed by atoms with van der Waals surface area (Å²) >= 11 is 6.59. The van der Waals surface area contributed by atoms with Gasteiger partial charge in [-0.25, -0.2) is 4.79 Å². The van der Waals surface area contributed by atoms with Crippen molar-refractivity contribution in [2.24, 2.45) is 0 Å². The van der Waals surface area contributed by atoms with Gasteiger partial charge in [-0.3, -0.25) is 4.79 Å². The molecule has 0 aliphatic heterocycles. The second kappa shape index (κ2) is 5.82. The molecule has 1 heterocycles. The highest BCUT2D eigenvalue weighted by atomic mass is 79.9. The van der Waals surface area contributed by atoms with Gasteiger partial charge in [0, 0.05) is 14.5 Å². The standard InChI is InChI=1S/C16H8Br2O5/c17-9-5-10(18)12-11(6-9)23-15(14(20)13(12)19)7-1-3-8(4-2-7)16(21)22/h1-6,20H,(H,21,22). The van der Waals surface area contributed by atoms with Crippen molar-refractivity contribution >= 4 is 48.8 Å². The third kappa shape index (κ3) is 2.77. The van der Waals surface area contributed by atoms with Crippen molar-refractivity contribution in [2.45, 2.75) is 0 Å². The number of hydrogen-bond donors (Lipinski definition) is 2. The van der Waals surface area contributed by atoms with E-state index in [4.69, 9.17) is 9.52 Å². The van der Waals surface area contributed by atoms with Gasteiger partial charge in [-0.2, -0.15) is 0 Å². The Morgan fingerprint density at radius 1 is 1.09 bits per heavy atom. The Morgan fingerprint density at radius 3 is 2.35 bits per heavy atom. The molecule has 3 rings (SSSR count). The molecule has 0 saturated heterocycles. The molecule has 0 spiro atoms. The van der Waals surface area contributed by atoms with Crippen LogP contribution in [-0.2, 0) is 0 Å². The van der Waals surface area contributed by atoms with Gasteiger partial charge >= 0.3 is 5.97 Å². The summed E-state index contributed by atoms with van der Waals surface area (Å²) in [4.78, 5) is 23.3. The zero-order valence-corrected chi connectivity index (χ0v) is 14.5. The van der Waals surface area contributed by atoms with Gasteiger partial charge in [0.25, 0.3) is 0 Å². The zero-order valence-electron chi connectivity index (χ0n) is 11.3. The quantitative estimate of drug-likeness (QED) is 0.618. The van der Waals surface area contributed by atoms with Crippen LogP contribution in [0.15, 0.2) is 54.6 Å². The van der Waals surface area contributed by atoms with Crippen molar-refractivity contribution < 1.29 is 19.4 Å². The second-order valence-corrected chi connectivity index (χ2v) is 6.52. The number of carbonyl (C=O) groups is 1. The van der Waals surface area contributed by atoms with Crippen LogP contribution in [0.25, 0.3) is 22.3 Å². The van der Waals surface area contributed by atoms with Gasteiger partial charge in [0.1, 0.15) is 5.58 Å². The summed E-state index contributed by atoms with van der Waals surface area (Å²) in [5, 5.41) is 19.3. The van der Waals surface area contributed by atoms with E-state index in [1.807, 2.05) is 0 Å². The monoisotopic (exact) mass is 438 g/mol. The van der Waals surface area contributed by atoms with Crippen molar-refractivity contribution in [1.29, 1.82) is 0 Å². The lowest BCUT2D eigenvalue weighted by Gasteiger charge is -2.08. The van der Waals surface area contributed by atoms with Crippen LogP contribution in [-0.4, -0.2) is 16.2 Å². The summed E-state index contributed by atoms with van der Waals surface area (Å²) in [5.74, 6) is -1.60. The molecule has 0 unspecified atom stereocenters. The van der Waals surface area contributed by atoms with Crippen molar-refractivity contribution in [3.05, 3.63) is 61.1 Å². The lowest BCUT2D eigenvalue weighted by atomic mass is 10.1. The molecule has 0 amide bonds. The SMILES string of the molecule is O=C(O)c1ccc(-c2oc3cc(Br)cc(Br)c3c(=O)c2O)cc1. The molecule has 5 nitrogen and oxygen atoms in total. The highest BCUT2D eigenvalue weighted by molar-refractivity contribution is 9.11. The van der Waals surface area contributed by atoms with Gasteiger partial charge in [0.2, 0.25) is 11.2 Å². The fourth-order valence-corrected chi connectivity index (χ4v) is 3.56. The van der Waals surface area contributed by atoms with E-state index >= 15 is 0 Å². The zero-order chi connectivity index (χ0) is 16.7. The number of rotatable bonds is 2. The summed E-state index contributed by atoms with van der Waals surface area (Å²) in [7, 11) is 0. The first-order chi connectivity index (χ1) is 10.9. The highest BCUT2D eigenvalue weighted by Gasteiger charge is 2.18. The summed E-state index contributed by atoms with van der Waals surface area (Å²) in [5.41, 5.74) is 0.235. The van der Waals surface area contributed by atoms with Crippen molar-refractivity contribution in [3.63, 3.8) is 0 Å². The van der Waals surface area contributed by atoms with Gasteiger partial charge < -0.3 is 14.6 Å². The van der Waals surface area contributed by atoms with Crippen molar-refractivity contribution in [3.8, 4) is 17.1 Å². The van der Waals surface area contributed by atoms with E-state index in [2.05, 4.69) is 31.9 Å². The van der Waals surface area contributed by atoms with Gasteiger partial charge in [-0.15, -0.1) is 0 Å². The summed E-state index contributed by atoms with van der Waals surface area (Å²) in [6.07, 6.45) is 0. The maximum absolute atomic E-state index is 12.4. The number of fused-ring (bicyclic) bond motifs is 1. The first kappa shape index (κ1) is 15.8. The van der Waals surface area contributed by atoms with Crippen LogP contribution in [0.4, 0.5) is 0 Å². The van der Waals surface area contributed by atoms with Crippen LogP contribution in [0.2, 0.25) is 0 Å². The average molecular weight is 440 g/mol. The molecular formula is C16H8Br2O5. The van der Waals surface area contributed by atoms with Gasteiger partial charge in [-0.1, -0.05) is 28.1 Å². The molecule has 116 valence electrons. The van der Waals surface area contributed by atoms with E-state index in [0.717, 1.165) is 0 Å². The molecule has 23 heavy (non-hydrogen) atoms. The van der Waals surface area contributed by atoms with Crippen LogP contribution in [0.5, 0.6) is 5.75 Å². The number of carboxylic acids is 1. The average Bonchev–Trinajstić information content (AvgIpc) is 2.50. The topological polar surface area (TPSA) is 87.7 Å². The van der Waals surface area contributed by atoms with Crippen LogP contribution >= 0.6 is 31.9 Å². The van der Waals surface area contributed by atoms with E-state index in [1.165, 1.54) is 24.3 Å². The Kier molecular flexibility index (Phi) is 3.99. The Morgan fingerprint density at radius 2 is 1.74 bits per heavy atom. The molecule has 2 aromatic carbocycles. The maximum Gasteiger partial charge on any atom is 0.335 e. The predicted molar refractivity (Wildman–Crippen MR) is 91.9 cm³/mol. The normalized spacial score (nSPS) is 10.9. The van der Waals surface area contributed by atoms with Gasteiger partial charge in [-0.05, 0) is 40.2 Å². The summed E-state index contributed by atoms with van der Waals surface area (Å²) in [6, 6.07) is 8.99. The molecule has 1 aromatic heterocycles. The minimum atomic E-state index is -1.06. The van der Waals surface area contributed by atoms with Gasteiger partial charge in [0.15, 0.2) is 5.76 Å². The minimum absolute atomic E-state index is 0.00978. The number of hydrogen-bond acceptors (Lipinski definition) is 4. The Bertz CT molecular complexity index is 990. The third-order valence-corrected chi connectivity index (χ3v) is 4.37. The molecule has 0 atom stereocenters. The lowest BCUT2D eigenvalue weighted by molar-refractivity contribution is 0.0697. The van der Waals surface area contributed by atoms with Crippen LogP contribution in [0.1, 0.15) is 10.4 Å². The van der Waals surface area contributed by atoms with E-state index in [9.17, 15) is 14.7 Å². The molecule has 0 bridgehead atoms. The van der Waals surface area contributed by atoms with Gasteiger partial charge in [0.05, 0.1) is 10.9 Å². The minimum Gasteiger partial charge on any atom is -0.502 e. The van der Waals surface area contributed by atoms with Crippen LogP contribution in [0, 0.1) is 0 Å². The van der Waals surface area contributed by atoms with Crippen LogP contribution < -0.4 is 5.43 Å². The van der Waals surface area contributed by atoms with E-state index in [-0.39, 0.29) is 16.7 Å². The third-order valence-electron chi connectivity index (χ3n) is 3.28.